The number of hydrogen-bond acceptors (Lipinski definition) is 4. The van der Waals surface area contributed by atoms with Gasteiger partial charge in [-0.05, 0) is 55.8 Å². The highest BCUT2D eigenvalue weighted by atomic mass is 35.5. The Morgan fingerprint density at radius 3 is 2.45 bits per heavy atom. The van der Waals surface area contributed by atoms with Crippen molar-refractivity contribution >= 4 is 39.1 Å². The summed E-state index contributed by atoms with van der Waals surface area (Å²) in [6.07, 6.45) is -0.103. The van der Waals surface area contributed by atoms with E-state index in [2.05, 4.69) is 10.0 Å². The predicted molar refractivity (Wildman–Crippen MR) is 110 cm³/mol. The number of sulfonamides is 1. The Labute approximate surface area is 179 Å². The van der Waals surface area contributed by atoms with Crippen molar-refractivity contribution in [2.45, 2.75) is 31.2 Å². The van der Waals surface area contributed by atoms with Crippen LogP contribution in [0.3, 0.4) is 0 Å². The Morgan fingerprint density at radius 2 is 1.83 bits per heavy atom. The van der Waals surface area contributed by atoms with E-state index in [0.29, 0.717) is 17.9 Å². The minimum absolute atomic E-state index is 0.0677. The molecule has 0 aromatic heterocycles. The minimum atomic E-state index is -3.76. The maximum absolute atomic E-state index is 13.6. The first kappa shape index (κ1) is 23.4. The van der Waals surface area contributed by atoms with Crippen LogP contribution in [0.4, 0.5) is 4.39 Å². The molecular weight excluding hydrogens is 442 g/mol. The molecule has 2 aromatic carbocycles. The van der Waals surface area contributed by atoms with Crippen LogP contribution in [-0.2, 0) is 14.8 Å². The van der Waals surface area contributed by atoms with Crippen molar-refractivity contribution in [2.24, 2.45) is 0 Å². The molecule has 0 radical (unpaired) electrons. The SMILES string of the molecule is CCOc1ccc(S(=O)(=O)NCCC(=O)NC(C)c2cc(F)c(Cl)cc2Cl)cc1. The van der Waals surface area contributed by atoms with Gasteiger partial charge in [0.2, 0.25) is 15.9 Å². The third-order valence-corrected chi connectivity index (χ3v) is 6.07. The summed E-state index contributed by atoms with van der Waals surface area (Å²) in [6, 6.07) is 7.80. The van der Waals surface area contributed by atoms with Crippen LogP contribution in [-0.4, -0.2) is 27.5 Å². The zero-order chi connectivity index (χ0) is 21.6. The highest BCUT2D eigenvalue weighted by molar-refractivity contribution is 7.89. The van der Waals surface area contributed by atoms with E-state index in [9.17, 15) is 17.6 Å². The number of halogens is 3. The van der Waals surface area contributed by atoms with Gasteiger partial charge in [0.1, 0.15) is 11.6 Å². The first-order chi connectivity index (χ1) is 13.6. The van der Waals surface area contributed by atoms with Gasteiger partial charge in [0.15, 0.2) is 0 Å². The van der Waals surface area contributed by atoms with Crippen molar-refractivity contribution in [3.05, 3.63) is 57.8 Å². The number of ether oxygens (including phenoxy) is 1. The molecule has 6 nitrogen and oxygen atoms in total. The Bertz CT molecular complexity index is 969. The second-order valence-corrected chi connectivity index (χ2v) is 8.71. The van der Waals surface area contributed by atoms with Gasteiger partial charge in [0.05, 0.1) is 22.6 Å². The average molecular weight is 463 g/mol. The lowest BCUT2D eigenvalue weighted by molar-refractivity contribution is -0.121. The number of carbonyl (C=O) groups is 1. The second kappa shape index (κ2) is 10.2. The van der Waals surface area contributed by atoms with Gasteiger partial charge in [-0.25, -0.2) is 17.5 Å². The number of benzene rings is 2. The van der Waals surface area contributed by atoms with Gasteiger partial charge in [-0.2, -0.15) is 0 Å². The van der Waals surface area contributed by atoms with Gasteiger partial charge in [-0.1, -0.05) is 23.2 Å². The number of carbonyl (C=O) groups excluding carboxylic acids is 1. The fourth-order valence-corrected chi connectivity index (χ4v) is 4.10. The zero-order valence-corrected chi connectivity index (χ0v) is 18.2. The molecule has 0 aliphatic heterocycles. The van der Waals surface area contributed by atoms with E-state index in [1.165, 1.54) is 18.2 Å². The zero-order valence-electron chi connectivity index (χ0n) is 15.8. The Morgan fingerprint density at radius 1 is 1.17 bits per heavy atom. The minimum Gasteiger partial charge on any atom is -0.494 e. The molecule has 10 heteroatoms. The van der Waals surface area contributed by atoms with Crippen molar-refractivity contribution in [1.82, 2.24) is 10.0 Å². The molecule has 0 aliphatic carbocycles. The van der Waals surface area contributed by atoms with Crippen LogP contribution >= 0.6 is 23.2 Å². The molecule has 158 valence electrons. The first-order valence-electron chi connectivity index (χ1n) is 8.80. The van der Waals surface area contributed by atoms with Crippen LogP contribution < -0.4 is 14.8 Å². The number of amides is 1. The fraction of sp³-hybridized carbons (Fsp3) is 0.316. The van der Waals surface area contributed by atoms with Crippen LogP contribution in [0.25, 0.3) is 0 Å². The second-order valence-electron chi connectivity index (χ2n) is 6.13. The molecule has 1 atom stereocenters. The Kier molecular flexibility index (Phi) is 8.27. The molecule has 2 aromatic rings. The molecule has 0 saturated carbocycles. The predicted octanol–water partition coefficient (Wildman–Crippen LogP) is 4.08. The first-order valence-corrected chi connectivity index (χ1v) is 11.0. The monoisotopic (exact) mass is 462 g/mol. The van der Waals surface area contributed by atoms with Crippen LogP contribution in [0.1, 0.15) is 31.9 Å². The van der Waals surface area contributed by atoms with Gasteiger partial charge < -0.3 is 10.1 Å². The fourth-order valence-electron chi connectivity index (χ4n) is 2.53. The van der Waals surface area contributed by atoms with Crippen LogP contribution in [0.15, 0.2) is 41.3 Å². The van der Waals surface area contributed by atoms with E-state index < -0.39 is 27.8 Å². The molecular formula is C19H21Cl2FN2O4S. The standard InChI is InChI=1S/C19H21Cl2FN2O4S/c1-3-28-13-4-6-14(7-5-13)29(26,27)23-9-8-19(25)24-12(2)15-10-18(22)17(21)11-16(15)20/h4-7,10-12,23H,3,8-9H2,1-2H3,(H,24,25). The van der Waals surface area contributed by atoms with E-state index >= 15 is 0 Å². The summed E-state index contributed by atoms with van der Waals surface area (Å²) in [5, 5.41) is 2.76. The van der Waals surface area contributed by atoms with E-state index in [0.717, 1.165) is 6.07 Å². The van der Waals surface area contributed by atoms with Crippen LogP contribution in [0.5, 0.6) is 5.75 Å². The lowest BCUT2D eigenvalue weighted by Crippen LogP contribution is -2.32. The van der Waals surface area contributed by atoms with Gasteiger partial charge in [-0.3, -0.25) is 4.79 Å². The van der Waals surface area contributed by atoms with E-state index in [-0.39, 0.29) is 27.9 Å². The summed E-state index contributed by atoms with van der Waals surface area (Å²) in [5.41, 5.74) is 0.372. The largest absolute Gasteiger partial charge is 0.494 e. The molecule has 1 unspecified atom stereocenters. The quantitative estimate of drug-likeness (QED) is 0.549. The number of nitrogens with one attached hydrogen (secondary N) is 2. The molecule has 2 N–H and O–H groups in total. The Hall–Kier alpha value is -1.87. The third-order valence-electron chi connectivity index (χ3n) is 3.97. The normalized spacial score (nSPS) is 12.4. The van der Waals surface area contributed by atoms with Crippen LogP contribution in [0, 0.1) is 5.82 Å². The molecule has 2 rings (SSSR count). The number of rotatable bonds is 9. The van der Waals surface area contributed by atoms with E-state index in [1.54, 1.807) is 19.1 Å². The van der Waals surface area contributed by atoms with Gasteiger partial charge in [0.25, 0.3) is 0 Å². The highest BCUT2D eigenvalue weighted by Gasteiger charge is 2.17. The van der Waals surface area contributed by atoms with E-state index in [4.69, 9.17) is 27.9 Å². The van der Waals surface area contributed by atoms with E-state index in [1.807, 2.05) is 6.92 Å². The number of hydrogen-bond donors (Lipinski definition) is 2. The topological polar surface area (TPSA) is 84.5 Å². The van der Waals surface area contributed by atoms with Gasteiger partial charge in [-0.15, -0.1) is 0 Å². The molecule has 0 fully saturated rings. The highest BCUT2D eigenvalue weighted by Crippen LogP contribution is 2.28. The van der Waals surface area contributed by atoms with Crippen molar-refractivity contribution in [1.29, 1.82) is 0 Å². The van der Waals surface area contributed by atoms with Crippen LogP contribution in [0.2, 0.25) is 10.0 Å². The summed E-state index contributed by atoms with van der Waals surface area (Å²) in [6.45, 7) is 3.84. The smallest absolute Gasteiger partial charge is 0.240 e. The summed E-state index contributed by atoms with van der Waals surface area (Å²) >= 11 is 11.7. The van der Waals surface area contributed by atoms with Crippen molar-refractivity contribution in [3.8, 4) is 5.75 Å². The third kappa shape index (κ3) is 6.57. The maximum atomic E-state index is 13.6. The molecule has 0 aliphatic rings. The van der Waals surface area contributed by atoms with Crippen molar-refractivity contribution < 1.29 is 22.3 Å². The van der Waals surface area contributed by atoms with Gasteiger partial charge >= 0.3 is 0 Å². The lowest BCUT2D eigenvalue weighted by atomic mass is 10.1. The van der Waals surface area contributed by atoms with Crippen molar-refractivity contribution in [3.63, 3.8) is 0 Å². The molecule has 0 heterocycles. The molecule has 0 bridgehead atoms. The lowest BCUT2D eigenvalue weighted by Gasteiger charge is -2.16. The molecule has 29 heavy (non-hydrogen) atoms. The molecule has 0 spiro atoms. The average Bonchev–Trinajstić information content (AvgIpc) is 2.65. The van der Waals surface area contributed by atoms with Gasteiger partial charge in [0, 0.05) is 18.0 Å². The summed E-state index contributed by atoms with van der Waals surface area (Å²) < 4.78 is 45.8. The molecule has 1 amide bonds. The summed E-state index contributed by atoms with van der Waals surface area (Å²) in [7, 11) is -3.76. The Balaban J connectivity index is 1.89. The maximum Gasteiger partial charge on any atom is 0.240 e. The molecule has 0 saturated heterocycles. The summed E-state index contributed by atoms with van der Waals surface area (Å²) in [4.78, 5) is 12.2. The summed E-state index contributed by atoms with van der Waals surface area (Å²) in [5.74, 6) is -0.495. The van der Waals surface area contributed by atoms with Crippen molar-refractivity contribution in [2.75, 3.05) is 13.2 Å².